The Kier molecular flexibility index (Phi) is 3.71. The second-order valence-electron chi connectivity index (χ2n) is 6.71. The molecule has 0 bridgehead atoms. The molecule has 0 aromatic heterocycles. The van der Waals surface area contributed by atoms with Gasteiger partial charge in [-0.1, -0.05) is 12.8 Å². The topological polar surface area (TPSA) is 75.4 Å². The highest BCUT2D eigenvalue weighted by Gasteiger charge is 2.41. The number of rotatable bonds is 3. The van der Waals surface area contributed by atoms with Crippen LogP contribution in [-0.4, -0.2) is 41.4 Å². The lowest BCUT2D eigenvalue weighted by Gasteiger charge is -2.37. The Morgan fingerprint density at radius 2 is 1.65 bits per heavy atom. The molecule has 20 heavy (non-hydrogen) atoms. The van der Waals surface area contributed by atoms with Crippen molar-refractivity contribution in [3.05, 3.63) is 0 Å². The van der Waals surface area contributed by atoms with Crippen molar-refractivity contribution in [2.24, 2.45) is 11.7 Å². The molecule has 3 N–H and O–H groups in total. The van der Waals surface area contributed by atoms with Crippen LogP contribution in [0.25, 0.3) is 0 Å². The van der Waals surface area contributed by atoms with Crippen molar-refractivity contribution < 1.29 is 9.59 Å². The van der Waals surface area contributed by atoms with E-state index < -0.39 is 5.54 Å². The minimum atomic E-state index is -0.607. The number of nitrogens with one attached hydrogen (secondary N) is 1. The normalized spacial score (nSPS) is 26.6. The second-order valence-corrected chi connectivity index (χ2v) is 6.71. The molecule has 1 saturated heterocycles. The number of nitrogens with two attached hydrogens (primary N) is 1. The summed E-state index contributed by atoms with van der Waals surface area (Å²) in [5, 5.41) is 3.11. The standard InChI is InChI=1S/C15H25N3O2/c16-15(7-1-2-8-15)14(20)18-9-5-12(6-10-18)17-13(19)11-3-4-11/h11-12H,1-10,16H2,(H,17,19). The van der Waals surface area contributed by atoms with Gasteiger partial charge in [-0.2, -0.15) is 0 Å². The van der Waals surface area contributed by atoms with Crippen LogP contribution >= 0.6 is 0 Å². The molecule has 0 spiro atoms. The molecule has 5 heteroatoms. The van der Waals surface area contributed by atoms with E-state index in [1.165, 1.54) is 0 Å². The summed E-state index contributed by atoms with van der Waals surface area (Å²) in [5.74, 6) is 0.600. The lowest BCUT2D eigenvalue weighted by atomic mass is 9.95. The van der Waals surface area contributed by atoms with Crippen molar-refractivity contribution in [2.45, 2.75) is 62.9 Å². The summed E-state index contributed by atoms with van der Waals surface area (Å²) in [4.78, 5) is 26.1. The number of carbonyl (C=O) groups excluding carboxylic acids is 2. The summed E-state index contributed by atoms with van der Waals surface area (Å²) in [7, 11) is 0. The van der Waals surface area contributed by atoms with Crippen LogP contribution in [0.5, 0.6) is 0 Å². The lowest BCUT2D eigenvalue weighted by molar-refractivity contribution is -0.138. The lowest BCUT2D eigenvalue weighted by Crippen LogP contribution is -2.56. The largest absolute Gasteiger partial charge is 0.353 e. The maximum Gasteiger partial charge on any atom is 0.242 e. The van der Waals surface area contributed by atoms with Crippen molar-refractivity contribution in [3.63, 3.8) is 0 Å². The van der Waals surface area contributed by atoms with Gasteiger partial charge < -0.3 is 16.0 Å². The highest BCUT2D eigenvalue weighted by Crippen LogP contribution is 2.31. The summed E-state index contributed by atoms with van der Waals surface area (Å²) in [6.45, 7) is 1.46. The van der Waals surface area contributed by atoms with Crippen LogP contribution < -0.4 is 11.1 Å². The first-order chi connectivity index (χ1) is 9.58. The van der Waals surface area contributed by atoms with Crippen LogP contribution in [0.3, 0.4) is 0 Å². The highest BCUT2D eigenvalue weighted by molar-refractivity contribution is 5.86. The van der Waals surface area contributed by atoms with Gasteiger partial charge in [0, 0.05) is 25.0 Å². The van der Waals surface area contributed by atoms with E-state index in [9.17, 15) is 9.59 Å². The quantitative estimate of drug-likeness (QED) is 0.801. The summed E-state index contributed by atoms with van der Waals surface area (Å²) in [6.07, 6.45) is 7.58. The van der Waals surface area contributed by atoms with Crippen LogP contribution in [0.4, 0.5) is 0 Å². The third-order valence-electron chi connectivity index (χ3n) is 5.00. The molecular weight excluding hydrogens is 254 g/mol. The first-order valence-corrected chi connectivity index (χ1v) is 7.97. The van der Waals surface area contributed by atoms with Gasteiger partial charge in [0.1, 0.15) is 0 Å². The van der Waals surface area contributed by atoms with Crippen LogP contribution in [-0.2, 0) is 9.59 Å². The monoisotopic (exact) mass is 279 g/mol. The molecular formula is C15H25N3O2. The van der Waals surface area contributed by atoms with Crippen molar-refractivity contribution in [2.75, 3.05) is 13.1 Å². The smallest absolute Gasteiger partial charge is 0.242 e. The number of hydrogen-bond donors (Lipinski definition) is 2. The molecule has 1 aliphatic heterocycles. The third kappa shape index (κ3) is 2.82. The summed E-state index contributed by atoms with van der Waals surface area (Å²) < 4.78 is 0. The Bertz CT molecular complexity index is 392. The molecule has 0 aromatic carbocycles. The Hall–Kier alpha value is -1.10. The SMILES string of the molecule is NC1(C(=O)N2CCC(NC(=O)C3CC3)CC2)CCCC1. The fraction of sp³-hybridized carbons (Fsp3) is 0.867. The summed E-state index contributed by atoms with van der Waals surface area (Å²) in [6, 6.07) is 0.240. The molecule has 3 rings (SSSR count). The van der Waals surface area contributed by atoms with Gasteiger partial charge in [-0.3, -0.25) is 9.59 Å². The van der Waals surface area contributed by atoms with Gasteiger partial charge in [-0.05, 0) is 38.5 Å². The molecule has 2 amide bonds. The zero-order valence-electron chi connectivity index (χ0n) is 12.1. The number of nitrogens with zero attached hydrogens (tertiary/aromatic N) is 1. The van der Waals surface area contributed by atoms with Gasteiger partial charge >= 0.3 is 0 Å². The Morgan fingerprint density at radius 1 is 1.05 bits per heavy atom. The van der Waals surface area contributed by atoms with Crippen LogP contribution in [0.15, 0.2) is 0 Å². The minimum absolute atomic E-state index is 0.127. The highest BCUT2D eigenvalue weighted by atomic mass is 16.2. The third-order valence-corrected chi connectivity index (χ3v) is 5.00. The molecule has 2 aliphatic carbocycles. The minimum Gasteiger partial charge on any atom is -0.353 e. The molecule has 3 aliphatic rings. The van der Waals surface area contributed by atoms with Crippen molar-refractivity contribution in [1.82, 2.24) is 10.2 Å². The number of carbonyl (C=O) groups is 2. The van der Waals surface area contributed by atoms with Crippen LogP contribution in [0, 0.1) is 5.92 Å². The average molecular weight is 279 g/mol. The van der Waals surface area contributed by atoms with Crippen LogP contribution in [0.2, 0.25) is 0 Å². The summed E-state index contributed by atoms with van der Waals surface area (Å²) in [5.41, 5.74) is 5.63. The number of amides is 2. The van der Waals surface area contributed by atoms with E-state index in [1.807, 2.05) is 4.90 Å². The van der Waals surface area contributed by atoms with E-state index >= 15 is 0 Å². The van der Waals surface area contributed by atoms with Crippen molar-refractivity contribution in [3.8, 4) is 0 Å². The Balaban J connectivity index is 1.48. The van der Waals surface area contributed by atoms with Gasteiger partial charge in [0.05, 0.1) is 5.54 Å². The zero-order valence-corrected chi connectivity index (χ0v) is 12.1. The molecule has 0 radical (unpaired) electrons. The van der Waals surface area contributed by atoms with Gasteiger partial charge in [-0.15, -0.1) is 0 Å². The average Bonchev–Trinajstić information content (AvgIpc) is 3.21. The molecule has 0 aromatic rings. The fourth-order valence-electron chi connectivity index (χ4n) is 3.43. The molecule has 112 valence electrons. The van der Waals surface area contributed by atoms with Gasteiger partial charge in [-0.25, -0.2) is 0 Å². The Labute approximate surface area is 120 Å². The first-order valence-electron chi connectivity index (χ1n) is 7.97. The number of likely N-dealkylation sites (tertiary alicyclic amines) is 1. The van der Waals surface area contributed by atoms with Gasteiger partial charge in [0.25, 0.3) is 0 Å². The van der Waals surface area contributed by atoms with E-state index in [0.29, 0.717) is 0 Å². The molecule has 1 heterocycles. The predicted molar refractivity (Wildman–Crippen MR) is 75.9 cm³/mol. The summed E-state index contributed by atoms with van der Waals surface area (Å²) >= 11 is 0. The van der Waals surface area contributed by atoms with Crippen LogP contribution in [0.1, 0.15) is 51.4 Å². The zero-order chi connectivity index (χ0) is 14.2. The van der Waals surface area contributed by atoms with Crippen molar-refractivity contribution in [1.29, 1.82) is 0 Å². The molecule has 0 atom stereocenters. The fourth-order valence-corrected chi connectivity index (χ4v) is 3.43. The maximum atomic E-state index is 12.5. The second kappa shape index (κ2) is 5.35. The van der Waals surface area contributed by atoms with Gasteiger partial charge in [0.15, 0.2) is 0 Å². The van der Waals surface area contributed by atoms with E-state index in [-0.39, 0.29) is 23.8 Å². The number of piperidine rings is 1. The van der Waals surface area contributed by atoms with Crippen molar-refractivity contribution >= 4 is 11.8 Å². The molecule has 0 unspecified atom stereocenters. The first kappa shape index (κ1) is 13.9. The molecule has 3 fully saturated rings. The molecule has 2 saturated carbocycles. The van der Waals surface area contributed by atoms with E-state index in [1.54, 1.807) is 0 Å². The van der Waals surface area contributed by atoms with E-state index in [0.717, 1.165) is 64.5 Å². The molecule has 5 nitrogen and oxygen atoms in total. The predicted octanol–water partition coefficient (Wildman–Crippen LogP) is 0.775. The van der Waals surface area contributed by atoms with Gasteiger partial charge in [0.2, 0.25) is 11.8 Å². The van der Waals surface area contributed by atoms with E-state index in [4.69, 9.17) is 5.73 Å². The maximum absolute atomic E-state index is 12.5. The Morgan fingerprint density at radius 3 is 2.20 bits per heavy atom. The number of hydrogen-bond acceptors (Lipinski definition) is 3. The van der Waals surface area contributed by atoms with E-state index in [2.05, 4.69) is 5.32 Å².